The lowest BCUT2D eigenvalue weighted by Crippen LogP contribution is -2.11. The van der Waals surface area contributed by atoms with Crippen molar-refractivity contribution < 1.29 is 23.5 Å². The molecule has 0 bridgehead atoms. The van der Waals surface area contributed by atoms with Crippen LogP contribution < -0.4 is 10.1 Å². The van der Waals surface area contributed by atoms with Gasteiger partial charge in [0.05, 0.1) is 32.9 Å². The van der Waals surface area contributed by atoms with Gasteiger partial charge in [0.1, 0.15) is 17.6 Å². The Morgan fingerprint density at radius 3 is 2.91 bits per heavy atom. The molecule has 0 saturated carbocycles. The van der Waals surface area contributed by atoms with Crippen LogP contribution in [0.4, 0.5) is 15.8 Å². The number of carbonyl (C=O) groups excluding carboxylic acids is 1. The highest BCUT2D eigenvalue weighted by atomic mass is 19.1. The third-order valence-electron chi connectivity index (χ3n) is 4.50. The van der Waals surface area contributed by atoms with Gasteiger partial charge in [0.2, 0.25) is 0 Å². The van der Waals surface area contributed by atoms with Gasteiger partial charge < -0.3 is 15.0 Å². The lowest BCUT2D eigenvalue weighted by atomic mass is 10.0. The molecule has 0 spiro atoms. The molecule has 0 saturated heterocycles. The minimum absolute atomic E-state index is 0.00741. The molecule has 3 aromatic rings. The van der Waals surface area contributed by atoms with Crippen LogP contribution in [0.2, 0.25) is 0 Å². The Morgan fingerprint density at radius 2 is 2.24 bits per heavy atom. The molecular formula is C26H27FN4O2. The summed E-state index contributed by atoms with van der Waals surface area (Å²) in [5.74, 6) is -1.82. The predicted molar refractivity (Wildman–Crippen MR) is 128 cm³/mol. The Morgan fingerprint density at radius 1 is 1.45 bits per heavy atom. The third kappa shape index (κ3) is 5.93. The predicted octanol–water partition coefficient (Wildman–Crippen LogP) is 4.93. The molecule has 1 aromatic heterocycles. The minimum atomic E-state index is -2.35. The van der Waals surface area contributed by atoms with Gasteiger partial charge in [-0.3, -0.25) is 9.78 Å². The second-order valence-corrected chi connectivity index (χ2v) is 7.40. The zero-order valence-electron chi connectivity index (χ0n) is 25.7. The number of rotatable bonds is 9. The van der Waals surface area contributed by atoms with Gasteiger partial charge in [-0.25, -0.2) is 4.39 Å². The first-order valence-electron chi connectivity index (χ1n) is 13.5. The SMILES string of the molecule is [2H]/C(CN(C)C)=C(/[2H])C(=O)Cc1c(OC([2H])([2H])C)c([2H])c2nc([2H])c(C#N)c(Nc3ccc(F)c(C)c3)c2c1[2H]. The zero-order valence-corrected chi connectivity index (χ0v) is 18.7. The van der Waals surface area contributed by atoms with Crippen molar-refractivity contribution in [1.82, 2.24) is 9.88 Å². The highest BCUT2D eigenvalue weighted by Crippen LogP contribution is 2.34. The molecule has 0 atom stereocenters. The van der Waals surface area contributed by atoms with Crippen LogP contribution in [0.15, 0.2) is 48.6 Å². The lowest BCUT2D eigenvalue weighted by molar-refractivity contribution is -0.114. The molecule has 0 fully saturated rings. The maximum atomic E-state index is 13.9. The summed E-state index contributed by atoms with van der Waals surface area (Å²) in [6.07, 6.45) is -1.21. The standard InChI is InChI=1S/C26H27FN4O2/c1-5-33-25-14-24-22(13-18(25)12-21(32)7-6-10-31(3)4)26(19(15-28)16-29-24)30-20-8-9-23(27)17(2)11-20/h6-9,11,13-14,16H,5,10,12H2,1-4H3,(H,29,30)/b7-6+/i5D2,6D,7D,13D,14D,16D. The number of halogens is 1. The van der Waals surface area contributed by atoms with Gasteiger partial charge in [-0.1, -0.05) is 6.05 Å². The number of carbonyl (C=O) groups is 1. The van der Waals surface area contributed by atoms with Crippen molar-refractivity contribution in [1.29, 1.82) is 5.26 Å². The summed E-state index contributed by atoms with van der Waals surface area (Å²) in [5.41, 5.74) is -0.281. The van der Waals surface area contributed by atoms with Crippen molar-refractivity contribution in [2.75, 3.05) is 32.5 Å². The van der Waals surface area contributed by atoms with E-state index in [9.17, 15) is 14.4 Å². The van der Waals surface area contributed by atoms with Crippen LogP contribution in [-0.2, 0) is 11.2 Å². The second kappa shape index (κ2) is 10.7. The normalized spacial score (nSPS) is 15.2. The summed E-state index contributed by atoms with van der Waals surface area (Å²) >= 11 is 0. The number of aromatic nitrogens is 1. The van der Waals surface area contributed by atoms with Crippen LogP contribution in [0.3, 0.4) is 0 Å². The average Bonchev–Trinajstić information content (AvgIpc) is 2.85. The summed E-state index contributed by atoms with van der Waals surface area (Å²) in [6, 6.07) is 4.00. The van der Waals surface area contributed by atoms with Crippen LogP contribution >= 0.6 is 0 Å². The smallest absolute Gasteiger partial charge is 0.159 e. The van der Waals surface area contributed by atoms with Gasteiger partial charge in [-0.05, 0) is 63.8 Å². The lowest BCUT2D eigenvalue weighted by Gasteiger charge is -2.15. The van der Waals surface area contributed by atoms with Crippen LogP contribution in [0, 0.1) is 24.1 Å². The van der Waals surface area contributed by atoms with E-state index in [1.807, 2.05) is 6.07 Å². The molecule has 0 aliphatic heterocycles. The van der Waals surface area contributed by atoms with Crippen molar-refractivity contribution in [3.63, 3.8) is 0 Å². The molecule has 33 heavy (non-hydrogen) atoms. The van der Waals surface area contributed by atoms with Gasteiger partial charge in [-0.2, -0.15) is 5.26 Å². The van der Waals surface area contributed by atoms with Gasteiger partial charge in [0.25, 0.3) is 0 Å². The Bertz CT molecular complexity index is 1580. The Hall–Kier alpha value is -3.76. The van der Waals surface area contributed by atoms with Gasteiger partial charge in [-0.15, -0.1) is 0 Å². The number of allylic oxidation sites excluding steroid dienone is 1. The summed E-state index contributed by atoms with van der Waals surface area (Å²) in [5, 5.41) is 12.6. The number of fused-ring (bicyclic) bond motifs is 1. The van der Waals surface area contributed by atoms with Gasteiger partial charge in [0, 0.05) is 41.8 Å². The van der Waals surface area contributed by atoms with E-state index in [1.54, 1.807) is 19.0 Å². The number of benzene rings is 2. The molecule has 0 aliphatic carbocycles. The monoisotopic (exact) mass is 453 g/mol. The van der Waals surface area contributed by atoms with Crippen LogP contribution in [0.25, 0.3) is 10.9 Å². The highest BCUT2D eigenvalue weighted by Gasteiger charge is 2.16. The maximum absolute atomic E-state index is 13.9. The zero-order chi connectivity index (χ0) is 30.1. The molecule has 0 amide bonds. The molecule has 2 aromatic carbocycles. The topological polar surface area (TPSA) is 78.2 Å². The van der Waals surface area contributed by atoms with E-state index in [-0.39, 0.29) is 45.9 Å². The number of hydrogen-bond donors (Lipinski definition) is 1. The fourth-order valence-electron chi connectivity index (χ4n) is 2.96. The first kappa shape index (κ1) is 15.9. The number of aryl methyl sites for hydroxylation is 1. The average molecular weight is 454 g/mol. The Balaban J connectivity index is 2.37. The van der Waals surface area contributed by atoms with Crippen molar-refractivity contribution in [2.24, 2.45) is 0 Å². The largest absolute Gasteiger partial charge is 0.494 e. The van der Waals surface area contributed by atoms with E-state index in [0.717, 1.165) is 6.92 Å². The van der Waals surface area contributed by atoms with Gasteiger partial charge >= 0.3 is 0 Å². The number of ketones is 1. The van der Waals surface area contributed by atoms with E-state index in [2.05, 4.69) is 10.3 Å². The van der Waals surface area contributed by atoms with Crippen molar-refractivity contribution in [3.8, 4) is 11.8 Å². The molecular weight excluding hydrogens is 419 g/mol. The number of nitrogens with zero attached hydrogens (tertiary/aromatic N) is 3. The summed E-state index contributed by atoms with van der Waals surface area (Å²) in [7, 11) is 3.33. The van der Waals surface area contributed by atoms with E-state index < -0.39 is 54.6 Å². The first-order valence-corrected chi connectivity index (χ1v) is 9.98. The van der Waals surface area contributed by atoms with E-state index in [1.165, 1.54) is 25.1 Å². The summed E-state index contributed by atoms with van der Waals surface area (Å²) < 4.78 is 77.2. The molecule has 6 nitrogen and oxygen atoms in total. The van der Waals surface area contributed by atoms with Crippen LogP contribution in [-0.4, -0.2) is 42.9 Å². The van der Waals surface area contributed by atoms with Gasteiger partial charge in [0.15, 0.2) is 5.78 Å². The van der Waals surface area contributed by atoms with E-state index in [0.29, 0.717) is 5.69 Å². The maximum Gasteiger partial charge on any atom is 0.159 e. The molecule has 7 heteroatoms. The second-order valence-electron chi connectivity index (χ2n) is 7.40. The first-order chi connectivity index (χ1) is 18.5. The number of nitriles is 1. The van der Waals surface area contributed by atoms with Crippen LogP contribution in [0.5, 0.6) is 5.75 Å². The van der Waals surface area contributed by atoms with E-state index >= 15 is 0 Å². The van der Waals surface area contributed by atoms with Crippen LogP contribution in [0.1, 0.15) is 33.2 Å². The molecule has 1 heterocycles. The molecule has 0 unspecified atom stereocenters. The molecule has 0 aliphatic rings. The Labute approximate surface area is 203 Å². The quantitative estimate of drug-likeness (QED) is 0.463. The number of hydrogen-bond acceptors (Lipinski definition) is 6. The summed E-state index contributed by atoms with van der Waals surface area (Å²) in [6.45, 7) is 0.251. The highest BCUT2D eigenvalue weighted by molar-refractivity contribution is 5.98. The minimum Gasteiger partial charge on any atom is -0.494 e. The molecule has 1 N–H and O–H groups in total. The molecule has 170 valence electrons. The number of ether oxygens (including phenoxy) is 1. The van der Waals surface area contributed by atoms with Crippen molar-refractivity contribution in [2.45, 2.75) is 20.3 Å². The summed E-state index contributed by atoms with van der Waals surface area (Å²) in [4.78, 5) is 18.7. The number of nitrogens with one attached hydrogen (secondary N) is 1. The number of anilines is 2. The molecule has 0 radical (unpaired) electrons. The number of likely N-dealkylation sites (N-methyl/N-ethyl adjacent to an activating group) is 1. The van der Waals surface area contributed by atoms with E-state index in [4.69, 9.17) is 14.3 Å². The Kier molecular flexibility index (Phi) is 5.17. The third-order valence-corrected chi connectivity index (χ3v) is 4.50. The van der Waals surface area contributed by atoms with Crippen molar-refractivity contribution >= 4 is 28.1 Å². The molecule has 3 rings (SSSR count). The number of pyridine rings is 1. The van der Waals surface area contributed by atoms with Crippen molar-refractivity contribution in [3.05, 3.63) is 71.1 Å². The fourth-order valence-corrected chi connectivity index (χ4v) is 2.96. The fraction of sp³-hybridized carbons (Fsp3) is 0.269.